The van der Waals surface area contributed by atoms with Crippen molar-refractivity contribution in [2.75, 3.05) is 66.9 Å². The van der Waals surface area contributed by atoms with Gasteiger partial charge in [0.1, 0.15) is 6.61 Å². The van der Waals surface area contributed by atoms with Crippen molar-refractivity contribution >= 4 is 5.97 Å². The second-order valence-corrected chi connectivity index (χ2v) is 15.5. The molecule has 326 valence electrons. The average Bonchev–Trinajstić information content (AvgIpc) is 3.59. The Morgan fingerprint density at radius 3 is 1.26 bits per heavy atom. The first kappa shape index (κ1) is 55.3. The van der Waals surface area contributed by atoms with Gasteiger partial charge in [-0.3, -0.25) is 4.79 Å². The van der Waals surface area contributed by atoms with Crippen LogP contribution in [0.3, 0.4) is 0 Å². The van der Waals surface area contributed by atoms with Gasteiger partial charge in [0.2, 0.25) is 0 Å². The summed E-state index contributed by atoms with van der Waals surface area (Å²) in [6.07, 6.45) is 35.2. The Bertz CT molecular complexity index is 633. The molecule has 2 atom stereocenters. The molecule has 9 heteroatoms. The van der Waals surface area contributed by atoms with Crippen molar-refractivity contribution in [2.24, 2.45) is 0 Å². The van der Waals surface area contributed by atoms with E-state index in [4.69, 9.17) is 34.3 Å². The fraction of sp³-hybridized carbons (Fsp3) is 0.978. The lowest BCUT2D eigenvalue weighted by Crippen LogP contribution is -2.20. The molecule has 0 spiro atoms. The van der Waals surface area contributed by atoms with Crippen molar-refractivity contribution in [3.05, 3.63) is 0 Å². The third-order valence-electron chi connectivity index (χ3n) is 9.68. The molecule has 1 aliphatic heterocycles. The van der Waals surface area contributed by atoms with Crippen LogP contribution in [-0.2, 0) is 23.7 Å². The number of carbonyl (C=O) groups excluding carboxylic acids is 1. The van der Waals surface area contributed by atoms with Crippen molar-refractivity contribution in [3.8, 4) is 0 Å². The van der Waals surface area contributed by atoms with Gasteiger partial charge in [0.25, 0.3) is 0 Å². The maximum absolute atomic E-state index is 11.3. The summed E-state index contributed by atoms with van der Waals surface area (Å²) in [6.45, 7) is 10.2. The molecule has 0 aromatic carbocycles. The molecule has 3 N–H and O–H groups in total. The SMILES string of the molecule is CCCCCCCCOCCCCCCCCCO.CCCCCCCCOCCCCCCCCCO.CN(C)CCCC(=O)OCC1CCC(O)O1. The summed E-state index contributed by atoms with van der Waals surface area (Å²) >= 11 is 0. The Hall–Kier alpha value is -0.810. The number of aliphatic hydroxyl groups excluding tert-OH is 3. The number of ether oxygens (including phenoxy) is 4. The summed E-state index contributed by atoms with van der Waals surface area (Å²) in [7, 11) is 3.94. The first-order valence-corrected chi connectivity index (χ1v) is 22.9. The second kappa shape index (κ2) is 48.3. The smallest absolute Gasteiger partial charge is 0.305 e. The molecule has 0 aromatic rings. The van der Waals surface area contributed by atoms with Gasteiger partial charge in [-0.2, -0.15) is 0 Å². The minimum atomic E-state index is -0.683. The number of nitrogens with zero attached hydrogens (tertiary/aromatic N) is 1. The summed E-state index contributed by atoms with van der Waals surface area (Å²) in [4.78, 5) is 13.3. The Kier molecular flexibility index (Phi) is 49.5. The number of aliphatic hydroxyl groups is 3. The normalized spacial score (nSPS) is 15.2. The van der Waals surface area contributed by atoms with E-state index in [0.717, 1.165) is 58.7 Å². The summed E-state index contributed by atoms with van der Waals surface area (Å²) in [5.41, 5.74) is 0. The van der Waals surface area contributed by atoms with E-state index in [1.807, 2.05) is 19.0 Å². The van der Waals surface area contributed by atoms with Crippen LogP contribution < -0.4 is 0 Å². The lowest BCUT2D eigenvalue weighted by Gasteiger charge is -2.12. The van der Waals surface area contributed by atoms with E-state index >= 15 is 0 Å². The van der Waals surface area contributed by atoms with Crippen molar-refractivity contribution in [1.82, 2.24) is 4.90 Å². The number of unbranched alkanes of at least 4 members (excludes halogenated alkanes) is 22. The highest BCUT2D eigenvalue weighted by Gasteiger charge is 2.24. The quantitative estimate of drug-likeness (QED) is 0.0416. The lowest BCUT2D eigenvalue weighted by atomic mass is 10.1. The van der Waals surface area contributed by atoms with E-state index < -0.39 is 6.29 Å². The average molecular weight is 776 g/mol. The molecule has 1 fully saturated rings. The molecule has 0 saturated carbocycles. The predicted molar refractivity (Wildman–Crippen MR) is 226 cm³/mol. The van der Waals surface area contributed by atoms with Crippen molar-refractivity contribution < 1.29 is 39.1 Å². The van der Waals surface area contributed by atoms with Crippen LogP contribution in [0.4, 0.5) is 0 Å². The van der Waals surface area contributed by atoms with Crippen molar-refractivity contribution in [3.63, 3.8) is 0 Å². The van der Waals surface area contributed by atoms with E-state index in [1.165, 1.54) is 154 Å². The third kappa shape index (κ3) is 49.2. The van der Waals surface area contributed by atoms with Crippen LogP contribution in [0.15, 0.2) is 0 Å². The van der Waals surface area contributed by atoms with Crippen LogP contribution in [0.25, 0.3) is 0 Å². The molecule has 0 radical (unpaired) electrons. The van der Waals surface area contributed by atoms with Gasteiger partial charge in [-0.1, -0.05) is 142 Å². The number of carbonyl (C=O) groups is 1. The summed E-state index contributed by atoms with van der Waals surface area (Å²) in [5.74, 6) is -0.188. The highest BCUT2D eigenvalue weighted by Crippen LogP contribution is 2.18. The molecule has 1 heterocycles. The van der Waals surface area contributed by atoms with Gasteiger partial charge in [0, 0.05) is 52.5 Å². The van der Waals surface area contributed by atoms with Crippen LogP contribution in [0.5, 0.6) is 0 Å². The molecule has 0 amide bonds. The maximum atomic E-state index is 11.3. The zero-order valence-corrected chi connectivity index (χ0v) is 36.4. The van der Waals surface area contributed by atoms with Crippen LogP contribution in [0, 0.1) is 0 Å². The first-order valence-electron chi connectivity index (χ1n) is 22.9. The molecule has 1 aliphatic rings. The highest BCUT2D eigenvalue weighted by atomic mass is 16.6. The zero-order valence-electron chi connectivity index (χ0n) is 36.4. The van der Waals surface area contributed by atoms with Gasteiger partial charge in [-0.25, -0.2) is 0 Å². The maximum Gasteiger partial charge on any atom is 0.305 e. The van der Waals surface area contributed by atoms with Crippen LogP contribution in [-0.4, -0.2) is 105 Å². The minimum absolute atomic E-state index is 0.132. The molecule has 0 aromatic heterocycles. The van der Waals surface area contributed by atoms with Crippen LogP contribution in [0.2, 0.25) is 0 Å². The predicted octanol–water partition coefficient (Wildman–Crippen LogP) is 10.5. The second-order valence-electron chi connectivity index (χ2n) is 15.5. The van der Waals surface area contributed by atoms with Crippen molar-refractivity contribution in [1.29, 1.82) is 0 Å². The zero-order chi connectivity index (χ0) is 40.0. The van der Waals surface area contributed by atoms with Gasteiger partial charge < -0.3 is 39.2 Å². The number of hydrogen-bond donors (Lipinski definition) is 3. The van der Waals surface area contributed by atoms with E-state index in [0.29, 0.717) is 26.1 Å². The largest absolute Gasteiger partial charge is 0.463 e. The molecular weight excluding hydrogens is 682 g/mol. The summed E-state index contributed by atoms with van der Waals surface area (Å²) in [5, 5.41) is 26.4. The number of esters is 1. The summed E-state index contributed by atoms with van der Waals surface area (Å²) in [6, 6.07) is 0. The third-order valence-corrected chi connectivity index (χ3v) is 9.68. The van der Waals surface area contributed by atoms with E-state index in [2.05, 4.69) is 13.8 Å². The van der Waals surface area contributed by atoms with E-state index in [-0.39, 0.29) is 18.7 Å². The molecule has 0 aliphatic carbocycles. The molecule has 1 saturated heterocycles. The Morgan fingerprint density at radius 2 is 0.926 bits per heavy atom. The van der Waals surface area contributed by atoms with Gasteiger partial charge in [0.15, 0.2) is 6.29 Å². The standard InChI is InChI=1S/2C17H36O2.C11H21NO4/c2*1-2-3-4-5-10-13-16-19-17-14-11-8-6-7-9-12-15-18;1-12(2)7-3-4-10(13)15-8-9-5-6-11(14)16-9/h2*18H,2-17H2,1H3;9,11,14H,3-8H2,1-2H3. The van der Waals surface area contributed by atoms with Gasteiger partial charge >= 0.3 is 5.97 Å². The highest BCUT2D eigenvalue weighted by molar-refractivity contribution is 5.69. The Labute approximate surface area is 335 Å². The fourth-order valence-corrected chi connectivity index (χ4v) is 6.18. The molecule has 0 bridgehead atoms. The molecule has 2 unspecified atom stereocenters. The Morgan fingerprint density at radius 1 is 0.556 bits per heavy atom. The minimum Gasteiger partial charge on any atom is -0.463 e. The molecular formula is C45H93NO8. The number of hydrogen-bond acceptors (Lipinski definition) is 9. The Balaban J connectivity index is 0. The topological polar surface area (TPSA) is 118 Å². The molecule has 54 heavy (non-hydrogen) atoms. The van der Waals surface area contributed by atoms with Gasteiger partial charge in [-0.05, 0) is 72.0 Å². The summed E-state index contributed by atoms with van der Waals surface area (Å²) < 4.78 is 21.5. The monoisotopic (exact) mass is 776 g/mol. The van der Waals surface area contributed by atoms with Crippen molar-refractivity contribution in [2.45, 2.75) is 219 Å². The molecule has 1 rings (SSSR count). The first-order chi connectivity index (χ1) is 26.4. The van der Waals surface area contributed by atoms with Gasteiger partial charge in [-0.15, -0.1) is 0 Å². The van der Waals surface area contributed by atoms with Crippen LogP contribution in [0.1, 0.15) is 206 Å². The number of rotatable bonds is 38. The fourth-order valence-electron chi connectivity index (χ4n) is 6.18. The van der Waals surface area contributed by atoms with Crippen LogP contribution >= 0.6 is 0 Å². The van der Waals surface area contributed by atoms with E-state index in [1.54, 1.807) is 0 Å². The van der Waals surface area contributed by atoms with Gasteiger partial charge in [0.05, 0.1) is 6.10 Å². The van der Waals surface area contributed by atoms with E-state index in [9.17, 15) is 4.79 Å². The lowest BCUT2D eigenvalue weighted by molar-refractivity contribution is -0.152. The molecule has 9 nitrogen and oxygen atoms in total.